The van der Waals surface area contributed by atoms with Gasteiger partial charge < -0.3 is 4.67 Å². The standard InChI is InChI=1S/C13H20NP.C2H6/c1-6-8-12-11(7-2)10(3)9-13(4,5)14(12)15;1-2/h6-9H,1,15H2,2-5H3;1-2H3/b11-7-,12-8+;. The van der Waals surface area contributed by atoms with Crippen molar-refractivity contribution in [1.82, 2.24) is 4.67 Å². The van der Waals surface area contributed by atoms with Gasteiger partial charge in [0.15, 0.2) is 0 Å². The maximum atomic E-state index is 3.77. The van der Waals surface area contributed by atoms with E-state index in [-0.39, 0.29) is 5.54 Å². The summed E-state index contributed by atoms with van der Waals surface area (Å²) in [7, 11) is 2.79. The van der Waals surface area contributed by atoms with Crippen molar-refractivity contribution in [3.8, 4) is 0 Å². The number of rotatable bonds is 1. The Hall–Kier alpha value is -0.810. The zero-order chi connectivity index (χ0) is 13.6. The van der Waals surface area contributed by atoms with E-state index in [4.69, 9.17) is 0 Å². The fourth-order valence-electron chi connectivity index (χ4n) is 1.98. The number of nitrogens with zero attached hydrogens (tertiary/aromatic N) is 1. The van der Waals surface area contributed by atoms with E-state index < -0.39 is 0 Å². The molecule has 0 aromatic rings. The Bertz CT molecular complexity index is 359. The summed E-state index contributed by atoms with van der Waals surface area (Å²) in [5, 5.41) is 0. The summed E-state index contributed by atoms with van der Waals surface area (Å²) in [6.07, 6.45) is 8.33. The molecule has 17 heavy (non-hydrogen) atoms. The molecule has 1 heterocycles. The zero-order valence-electron chi connectivity index (χ0n) is 12.0. The Labute approximate surface area is 109 Å². The van der Waals surface area contributed by atoms with Gasteiger partial charge in [-0.2, -0.15) is 0 Å². The van der Waals surface area contributed by atoms with E-state index in [2.05, 4.69) is 66.6 Å². The average molecular weight is 251 g/mol. The predicted molar refractivity (Wildman–Crippen MR) is 82.8 cm³/mol. The van der Waals surface area contributed by atoms with Gasteiger partial charge in [0, 0.05) is 5.70 Å². The highest BCUT2D eigenvalue weighted by atomic mass is 31.0. The summed E-state index contributed by atoms with van der Waals surface area (Å²) >= 11 is 0. The van der Waals surface area contributed by atoms with Gasteiger partial charge in [0.05, 0.1) is 5.54 Å². The molecule has 1 atom stereocenters. The van der Waals surface area contributed by atoms with Gasteiger partial charge in [0.2, 0.25) is 0 Å². The first-order chi connectivity index (χ1) is 7.94. The average Bonchev–Trinajstić information content (AvgIpc) is 2.28. The topological polar surface area (TPSA) is 3.24 Å². The van der Waals surface area contributed by atoms with Crippen LogP contribution in [0.15, 0.2) is 47.7 Å². The molecule has 96 valence electrons. The largest absolute Gasteiger partial charge is 0.347 e. The zero-order valence-corrected chi connectivity index (χ0v) is 13.2. The third-order valence-corrected chi connectivity index (χ3v) is 3.66. The molecule has 0 aromatic heterocycles. The highest BCUT2D eigenvalue weighted by molar-refractivity contribution is 7.13. The molecular weight excluding hydrogens is 225 g/mol. The van der Waals surface area contributed by atoms with Crippen molar-refractivity contribution < 1.29 is 0 Å². The van der Waals surface area contributed by atoms with Gasteiger partial charge in [-0.3, -0.25) is 0 Å². The molecule has 0 aliphatic carbocycles. The maximum absolute atomic E-state index is 3.77. The Morgan fingerprint density at radius 1 is 1.35 bits per heavy atom. The van der Waals surface area contributed by atoms with E-state index in [0.717, 1.165) is 0 Å². The fourth-order valence-corrected chi connectivity index (χ4v) is 2.28. The van der Waals surface area contributed by atoms with E-state index in [1.165, 1.54) is 16.8 Å². The quantitative estimate of drug-likeness (QED) is 0.602. The van der Waals surface area contributed by atoms with Gasteiger partial charge in [-0.25, -0.2) is 0 Å². The van der Waals surface area contributed by atoms with Crippen molar-refractivity contribution in [3.63, 3.8) is 0 Å². The third kappa shape index (κ3) is 3.57. The van der Waals surface area contributed by atoms with Crippen molar-refractivity contribution in [1.29, 1.82) is 0 Å². The molecule has 1 unspecified atom stereocenters. The smallest absolute Gasteiger partial charge is 0.0564 e. The van der Waals surface area contributed by atoms with Gasteiger partial charge in [0.1, 0.15) is 0 Å². The van der Waals surface area contributed by atoms with Crippen LogP contribution in [0.3, 0.4) is 0 Å². The first-order valence-corrected chi connectivity index (χ1v) is 6.70. The molecule has 1 aliphatic heterocycles. The summed E-state index contributed by atoms with van der Waals surface area (Å²) in [6, 6.07) is 0. The molecule has 0 aromatic carbocycles. The molecule has 0 bridgehead atoms. The first-order valence-electron chi connectivity index (χ1n) is 6.18. The molecule has 0 fully saturated rings. The van der Waals surface area contributed by atoms with Crippen LogP contribution in [0.5, 0.6) is 0 Å². The van der Waals surface area contributed by atoms with E-state index >= 15 is 0 Å². The molecule has 0 spiro atoms. The highest BCUT2D eigenvalue weighted by Gasteiger charge is 2.29. The molecule has 0 N–H and O–H groups in total. The summed E-state index contributed by atoms with van der Waals surface area (Å²) in [5.41, 5.74) is 3.86. The van der Waals surface area contributed by atoms with Crippen LogP contribution >= 0.6 is 9.39 Å². The highest BCUT2D eigenvalue weighted by Crippen LogP contribution is 2.38. The predicted octanol–water partition coefficient (Wildman–Crippen LogP) is 4.86. The van der Waals surface area contributed by atoms with Crippen molar-refractivity contribution in [3.05, 3.63) is 47.7 Å². The lowest BCUT2D eigenvalue weighted by Gasteiger charge is -2.42. The summed E-state index contributed by atoms with van der Waals surface area (Å²) < 4.78 is 2.21. The van der Waals surface area contributed by atoms with Crippen molar-refractivity contribution in [2.75, 3.05) is 0 Å². The SMILES string of the molecule is C=C/C=C1\C(=C/C)C(C)=CC(C)(C)N1P.CC. The minimum atomic E-state index is 0.0378. The van der Waals surface area contributed by atoms with Crippen LogP contribution < -0.4 is 0 Å². The number of hydrogen-bond acceptors (Lipinski definition) is 1. The van der Waals surface area contributed by atoms with Gasteiger partial charge >= 0.3 is 0 Å². The monoisotopic (exact) mass is 251 g/mol. The lowest BCUT2D eigenvalue weighted by Crippen LogP contribution is -2.38. The molecule has 0 saturated heterocycles. The maximum Gasteiger partial charge on any atom is 0.0564 e. The molecule has 2 heteroatoms. The lowest BCUT2D eigenvalue weighted by atomic mass is 9.89. The summed E-state index contributed by atoms with van der Waals surface area (Å²) in [6.45, 7) is 16.4. The van der Waals surface area contributed by atoms with Crippen molar-refractivity contribution in [2.45, 2.75) is 47.1 Å². The minimum Gasteiger partial charge on any atom is -0.347 e. The van der Waals surface area contributed by atoms with Gasteiger partial charge in [-0.1, -0.05) is 38.7 Å². The number of hydrogen-bond donors (Lipinski definition) is 0. The Kier molecular flexibility index (Phi) is 6.49. The van der Waals surface area contributed by atoms with Crippen LogP contribution in [-0.4, -0.2) is 10.2 Å². The van der Waals surface area contributed by atoms with Gasteiger partial charge in [0.25, 0.3) is 0 Å². The molecule has 0 saturated carbocycles. The Balaban J connectivity index is 0.00000121. The molecule has 0 amide bonds. The normalized spacial score (nSPS) is 23.0. The second kappa shape index (κ2) is 6.81. The van der Waals surface area contributed by atoms with Crippen LogP contribution in [-0.2, 0) is 0 Å². The summed E-state index contributed by atoms with van der Waals surface area (Å²) in [5.74, 6) is 0. The first kappa shape index (κ1) is 16.2. The van der Waals surface area contributed by atoms with Crippen LogP contribution in [0, 0.1) is 0 Å². The second-order valence-corrected chi connectivity index (χ2v) is 4.86. The Morgan fingerprint density at radius 2 is 1.88 bits per heavy atom. The van der Waals surface area contributed by atoms with E-state index in [1.54, 1.807) is 0 Å². The van der Waals surface area contributed by atoms with E-state index in [0.29, 0.717) is 0 Å². The van der Waals surface area contributed by atoms with Crippen molar-refractivity contribution >= 4 is 9.39 Å². The van der Waals surface area contributed by atoms with E-state index in [9.17, 15) is 0 Å². The third-order valence-electron chi connectivity index (χ3n) is 2.72. The van der Waals surface area contributed by atoms with Crippen LogP contribution in [0.25, 0.3) is 0 Å². The number of allylic oxidation sites excluding steroid dienone is 4. The molecule has 1 aliphatic rings. The molecule has 1 rings (SSSR count). The van der Waals surface area contributed by atoms with E-state index in [1.807, 2.05) is 19.9 Å². The van der Waals surface area contributed by atoms with Crippen LogP contribution in [0.4, 0.5) is 0 Å². The van der Waals surface area contributed by atoms with Crippen molar-refractivity contribution in [2.24, 2.45) is 0 Å². The molecular formula is C15H26NP. The molecule has 0 radical (unpaired) electrons. The molecule has 1 nitrogen and oxygen atoms in total. The van der Waals surface area contributed by atoms with Crippen LogP contribution in [0.2, 0.25) is 0 Å². The second-order valence-electron chi connectivity index (χ2n) is 4.34. The van der Waals surface area contributed by atoms with Gasteiger partial charge in [-0.15, -0.1) is 0 Å². The Morgan fingerprint density at radius 3 is 2.29 bits per heavy atom. The lowest BCUT2D eigenvalue weighted by molar-refractivity contribution is 0.363. The summed E-state index contributed by atoms with van der Waals surface area (Å²) in [4.78, 5) is 0. The fraction of sp³-hybridized carbons (Fsp3) is 0.467. The van der Waals surface area contributed by atoms with Gasteiger partial charge in [-0.05, 0) is 54.3 Å². The minimum absolute atomic E-state index is 0.0378. The van der Waals surface area contributed by atoms with Crippen LogP contribution in [0.1, 0.15) is 41.5 Å².